The van der Waals surface area contributed by atoms with Crippen molar-refractivity contribution in [2.45, 2.75) is 19.1 Å². The number of nitrogens with zero attached hydrogens (tertiary/aromatic N) is 5. The summed E-state index contributed by atoms with van der Waals surface area (Å²) in [7, 11) is 0. The largest absolute Gasteiger partial charge is 0.415 e. The summed E-state index contributed by atoms with van der Waals surface area (Å²) in [5.41, 5.74) is 3.31. The van der Waals surface area contributed by atoms with E-state index >= 15 is 0 Å². The van der Waals surface area contributed by atoms with Gasteiger partial charge in [-0.25, -0.2) is 4.98 Å². The van der Waals surface area contributed by atoms with Gasteiger partial charge in [-0.2, -0.15) is 13.2 Å². The van der Waals surface area contributed by atoms with E-state index in [1.165, 1.54) is 4.90 Å². The molecule has 0 bridgehead atoms. The van der Waals surface area contributed by atoms with Crippen LogP contribution in [0.25, 0.3) is 34.3 Å². The second-order valence-electron chi connectivity index (χ2n) is 8.34. The van der Waals surface area contributed by atoms with Crippen molar-refractivity contribution >= 4 is 5.91 Å². The quantitative estimate of drug-likeness (QED) is 0.448. The van der Waals surface area contributed by atoms with Crippen molar-refractivity contribution < 1.29 is 23.8 Å². The standard InChI is InChI=1S/C25H21F3N6O2.H2/c1-15-21(23-33-32-22(36-23)17-5-3-2-4-6-17)31-19(13-30-15)16-7-9-18(10-8-16)24(35)34-12-11-29-20(14-34)25(26,27)28;/h2-10,13,20,29H,11-12,14H2,1H3;1H. The fraction of sp³-hybridized carbons (Fsp3) is 0.240. The van der Waals surface area contributed by atoms with Crippen LogP contribution in [0.4, 0.5) is 13.2 Å². The topological polar surface area (TPSA) is 97.0 Å². The van der Waals surface area contributed by atoms with Crippen molar-refractivity contribution in [1.82, 2.24) is 30.4 Å². The number of aryl methyl sites for hydroxylation is 1. The van der Waals surface area contributed by atoms with Gasteiger partial charge in [0.25, 0.3) is 11.8 Å². The molecule has 1 aliphatic heterocycles. The van der Waals surface area contributed by atoms with Gasteiger partial charge in [-0.05, 0) is 31.2 Å². The van der Waals surface area contributed by atoms with Gasteiger partial charge in [0, 0.05) is 37.8 Å². The average molecular weight is 496 g/mol. The van der Waals surface area contributed by atoms with Crippen LogP contribution in [0.1, 0.15) is 17.5 Å². The Kier molecular flexibility index (Phi) is 6.23. The Morgan fingerprint density at radius 2 is 1.78 bits per heavy atom. The minimum atomic E-state index is -4.41. The third-order valence-corrected chi connectivity index (χ3v) is 5.89. The Morgan fingerprint density at radius 1 is 1.06 bits per heavy atom. The molecule has 1 atom stereocenters. The molecule has 8 nitrogen and oxygen atoms in total. The van der Waals surface area contributed by atoms with Gasteiger partial charge in [0.1, 0.15) is 11.7 Å². The van der Waals surface area contributed by atoms with Gasteiger partial charge in [-0.3, -0.25) is 9.78 Å². The van der Waals surface area contributed by atoms with E-state index < -0.39 is 24.7 Å². The summed E-state index contributed by atoms with van der Waals surface area (Å²) in [6.45, 7) is 1.64. The summed E-state index contributed by atoms with van der Waals surface area (Å²) >= 11 is 0. The number of piperazine rings is 1. The van der Waals surface area contributed by atoms with Gasteiger partial charge < -0.3 is 14.6 Å². The van der Waals surface area contributed by atoms with Crippen molar-refractivity contribution in [1.29, 1.82) is 0 Å². The molecule has 0 spiro atoms. The van der Waals surface area contributed by atoms with Crippen LogP contribution in [0, 0.1) is 6.92 Å². The first kappa shape index (κ1) is 23.6. The first-order valence-corrected chi connectivity index (χ1v) is 11.2. The van der Waals surface area contributed by atoms with Crippen LogP contribution in [0.2, 0.25) is 0 Å². The Balaban J connectivity index is 0.00000320. The van der Waals surface area contributed by atoms with Crippen molar-refractivity contribution in [2.75, 3.05) is 19.6 Å². The third-order valence-electron chi connectivity index (χ3n) is 5.89. The highest BCUT2D eigenvalue weighted by atomic mass is 19.4. The van der Waals surface area contributed by atoms with Gasteiger partial charge in [0.15, 0.2) is 0 Å². The van der Waals surface area contributed by atoms with Crippen LogP contribution in [-0.2, 0) is 0 Å². The molecule has 4 aromatic rings. The molecule has 186 valence electrons. The second-order valence-corrected chi connectivity index (χ2v) is 8.34. The molecule has 5 rings (SSSR count). The number of halogens is 3. The molecule has 3 heterocycles. The lowest BCUT2D eigenvalue weighted by molar-refractivity contribution is -0.162. The number of carbonyl (C=O) groups is 1. The molecule has 1 N–H and O–H groups in total. The molecule has 2 aromatic heterocycles. The zero-order chi connectivity index (χ0) is 25.3. The molecular weight excluding hydrogens is 473 g/mol. The molecule has 1 aliphatic rings. The number of amides is 1. The Bertz CT molecular complexity index is 1380. The predicted octanol–water partition coefficient (Wildman–Crippen LogP) is 4.39. The van der Waals surface area contributed by atoms with E-state index in [-0.39, 0.29) is 20.4 Å². The fourth-order valence-electron chi connectivity index (χ4n) is 3.93. The van der Waals surface area contributed by atoms with Crippen molar-refractivity contribution in [3.63, 3.8) is 0 Å². The van der Waals surface area contributed by atoms with Crippen LogP contribution in [0.5, 0.6) is 0 Å². The highest BCUT2D eigenvalue weighted by Crippen LogP contribution is 2.27. The lowest BCUT2D eigenvalue weighted by atomic mass is 10.1. The first-order valence-electron chi connectivity index (χ1n) is 11.2. The summed E-state index contributed by atoms with van der Waals surface area (Å²) in [5.74, 6) is 0.137. The molecule has 1 unspecified atom stereocenters. The maximum atomic E-state index is 13.1. The number of alkyl halides is 3. The number of nitrogens with one attached hydrogen (secondary N) is 1. The molecular formula is C25H23F3N6O2. The van der Waals surface area contributed by atoms with Gasteiger partial charge in [0.05, 0.1) is 17.6 Å². The summed E-state index contributed by atoms with van der Waals surface area (Å²) in [6.07, 6.45) is -2.82. The van der Waals surface area contributed by atoms with E-state index in [1.807, 2.05) is 30.3 Å². The molecule has 1 amide bonds. The van der Waals surface area contributed by atoms with Gasteiger partial charge in [0.2, 0.25) is 5.89 Å². The maximum absolute atomic E-state index is 13.1. The SMILES string of the molecule is Cc1ncc(-c2ccc(C(=O)N3CCNC(C(F)(F)F)C3)cc2)nc1-c1nnc(-c2ccccc2)o1.[HH]. The predicted molar refractivity (Wildman–Crippen MR) is 127 cm³/mol. The Hall–Kier alpha value is -4.12. The zero-order valence-corrected chi connectivity index (χ0v) is 19.2. The average Bonchev–Trinajstić information content (AvgIpc) is 3.39. The number of hydrogen-bond donors (Lipinski definition) is 1. The van der Waals surface area contributed by atoms with Crippen molar-refractivity contribution in [3.05, 3.63) is 72.1 Å². The Labute approximate surface area is 205 Å². The van der Waals surface area contributed by atoms with E-state index in [2.05, 4.69) is 25.5 Å². The van der Waals surface area contributed by atoms with E-state index in [0.29, 0.717) is 34.1 Å². The van der Waals surface area contributed by atoms with Crippen molar-refractivity contribution in [2.24, 2.45) is 0 Å². The number of aromatic nitrogens is 4. The zero-order valence-electron chi connectivity index (χ0n) is 19.2. The summed E-state index contributed by atoms with van der Waals surface area (Å²) < 4.78 is 45.0. The van der Waals surface area contributed by atoms with Gasteiger partial charge in [-0.1, -0.05) is 30.3 Å². The lowest BCUT2D eigenvalue weighted by Gasteiger charge is -2.34. The molecule has 11 heteroatoms. The highest BCUT2D eigenvalue weighted by Gasteiger charge is 2.42. The number of rotatable bonds is 4. The van der Waals surface area contributed by atoms with Crippen LogP contribution in [-0.4, -0.2) is 62.8 Å². The van der Waals surface area contributed by atoms with Gasteiger partial charge in [-0.15, -0.1) is 10.2 Å². The smallest absolute Gasteiger partial charge is 0.405 e. The minimum Gasteiger partial charge on any atom is -0.415 e. The fourth-order valence-corrected chi connectivity index (χ4v) is 3.93. The molecule has 36 heavy (non-hydrogen) atoms. The van der Waals surface area contributed by atoms with Crippen LogP contribution in [0.15, 0.2) is 65.2 Å². The van der Waals surface area contributed by atoms with E-state index in [4.69, 9.17) is 4.42 Å². The highest BCUT2D eigenvalue weighted by molar-refractivity contribution is 5.94. The normalized spacial score (nSPS) is 16.2. The van der Waals surface area contributed by atoms with E-state index in [9.17, 15) is 18.0 Å². The molecule has 2 aromatic carbocycles. The number of benzene rings is 2. The minimum absolute atomic E-state index is 0. The van der Waals surface area contributed by atoms with E-state index in [0.717, 1.165) is 5.56 Å². The summed E-state index contributed by atoms with van der Waals surface area (Å²) in [5, 5.41) is 10.6. The van der Waals surface area contributed by atoms with Crippen LogP contribution in [0.3, 0.4) is 0 Å². The Morgan fingerprint density at radius 3 is 2.50 bits per heavy atom. The van der Waals surface area contributed by atoms with E-state index in [1.54, 1.807) is 37.4 Å². The maximum Gasteiger partial charge on any atom is 0.405 e. The molecule has 0 saturated carbocycles. The monoisotopic (exact) mass is 496 g/mol. The molecule has 1 saturated heterocycles. The van der Waals surface area contributed by atoms with Crippen LogP contribution < -0.4 is 5.32 Å². The molecule has 0 radical (unpaired) electrons. The van der Waals surface area contributed by atoms with Gasteiger partial charge >= 0.3 is 6.18 Å². The second kappa shape index (κ2) is 9.50. The first-order chi connectivity index (χ1) is 17.3. The molecule has 1 fully saturated rings. The summed E-state index contributed by atoms with van der Waals surface area (Å²) in [4.78, 5) is 23.0. The summed E-state index contributed by atoms with van der Waals surface area (Å²) in [6, 6.07) is 14.1. The van der Waals surface area contributed by atoms with Crippen LogP contribution >= 0.6 is 0 Å². The third kappa shape index (κ3) is 4.82. The van der Waals surface area contributed by atoms with Crippen molar-refractivity contribution in [3.8, 4) is 34.3 Å². The molecule has 0 aliphatic carbocycles. The lowest BCUT2D eigenvalue weighted by Crippen LogP contribution is -2.58. The number of carbonyl (C=O) groups excluding carboxylic acids is 1. The number of hydrogen-bond acceptors (Lipinski definition) is 7.